The van der Waals surface area contributed by atoms with Crippen molar-refractivity contribution in [2.45, 2.75) is 5.16 Å². The second kappa shape index (κ2) is 8.84. The topological polar surface area (TPSA) is 53.4 Å². The largest absolute Gasteiger partial charge is 0.497 e. The van der Waals surface area contributed by atoms with E-state index >= 15 is 0 Å². The fourth-order valence-electron chi connectivity index (χ4n) is 2.98. The summed E-state index contributed by atoms with van der Waals surface area (Å²) in [5.74, 6) is 2.23. The van der Waals surface area contributed by atoms with E-state index in [9.17, 15) is 4.79 Å². The Morgan fingerprint density at radius 2 is 1.62 bits per heavy atom. The number of thioether (sulfide) groups is 1. The molecule has 4 aromatic rings. The van der Waals surface area contributed by atoms with E-state index in [-0.39, 0.29) is 5.56 Å². The summed E-state index contributed by atoms with van der Waals surface area (Å²) in [6.07, 6.45) is 0. The maximum atomic E-state index is 13.2. The number of methoxy groups -OCH3 is 1. The number of para-hydroxylation sites is 2. The Labute approximate surface area is 172 Å². The van der Waals surface area contributed by atoms with Crippen LogP contribution in [0.5, 0.6) is 11.5 Å². The molecule has 6 heteroatoms. The molecule has 5 nitrogen and oxygen atoms in total. The first-order valence-electron chi connectivity index (χ1n) is 9.23. The molecule has 1 heterocycles. The molecule has 0 N–H and O–H groups in total. The zero-order valence-corrected chi connectivity index (χ0v) is 16.8. The molecule has 0 atom stereocenters. The third kappa shape index (κ3) is 4.27. The number of nitrogens with zero attached hydrogens (tertiary/aromatic N) is 2. The van der Waals surface area contributed by atoms with Crippen LogP contribution < -0.4 is 15.0 Å². The number of aromatic nitrogens is 2. The van der Waals surface area contributed by atoms with Crippen LogP contribution in [-0.4, -0.2) is 29.0 Å². The Kier molecular flexibility index (Phi) is 5.81. The summed E-state index contributed by atoms with van der Waals surface area (Å²) in [6.45, 7) is 0.514. The summed E-state index contributed by atoms with van der Waals surface area (Å²) in [5, 5.41) is 1.23. The number of fused-ring (bicyclic) bond motifs is 1. The molecule has 146 valence electrons. The van der Waals surface area contributed by atoms with Gasteiger partial charge in [0.25, 0.3) is 5.56 Å². The van der Waals surface area contributed by atoms with E-state index in [0.29, 0.717) is 28.4 Å². The quantitative estimate of drug-likeness (QED) is 0.257. The van der Waals surface area contributed by atoms with Gasteiger partial charge in [-0.15, -0.1) is 0 Å². The lowest BCUT2D eigenvalue weighted by Gasteiger charge is -2.14. The predicted octanol–water partition coefficient (Wildman–Crippen LogP) is 4.57. The van der Waals surface area contributed by atoms with Crippen molar-refractivity contribution >= 4 is 22.7 Å². The first-order valence-corrected chi connectivity index (χ1v) is 10.2. The van der Waals surface area contributed by atoms with Gasteiger partial charge in [-0.2, -0.15) is 0 Å². The maximum Gasteiger partial charge on any atom is 0.266 e. The van der Waals surface area contributed by atoms with Crippen LogP contribution in [0, 0.1) is 0 Å². The fraction of sp³-hybridized carbons (Fsp3) is 0.130. The monoisotopic (exact) mass is 404 g/mol. The maximum absolute atomic E-state index is 13.2. The molecular formula is C23H20N2O3S. The standard InChI is InChI=1S/C23H20N2O3S/c1-27-18-13-11-17(12-14-18)25-22(26)20-9-5-6-10-21(20)24-23(25)29-16-15-28-19-7-3-2-4-8-19/h2-14H,15-16H2,1H3. The van der Waals surface area contributed by atoms with Crippen LogP contribution in [-0.2, 0) is 0 Å². The molecule has 0 aliphatic rings. The highest BCUT2D eigenvalue weighted by molar-refractivity contribution is 7.99. The van der Waals surface area contributed by atoms with E-state index in [1.54, 1.807) is 17.7 Å². The zero-order chi connectivity index (χ0) is 20.1. The first-order chi connectivity index (χ1) is 14.3. The molecule has 0 unspecified atom stereocenters. The number of benzene rings is 3. The second-order valence-electron chi connectivity index (χ2n) is 6.26. The summed E-state index contributed by atoms with van der Waals surface area (Å²) in [5.41, 5.74) is 1.35. The van der Waals surface area contributed by atoms with Crippen LogP contribution in [0.4, 0.5) is 0 Å². The van der Waals surface area contributed by atoms with Gasteiger partial charge in [-0.3, -0.25) is 9.36 Å². The first kappa shape index (κ1) is 19.1. The number of hydrogen-bond acceptors (Lipinski definition) is 5. The zero-order valence-electron chi connectivity index (χ0n) is 15.9. The van der Waals surface area contributed by atoms with Crippen molar-refractivity contribution in [1.82, 2.24) is 9.55 Å². The lowest BCUT2D eigenvalue weighted by Crippen LogP contribution is -2.22. The molecule has 0 saturated heterocycles. The lowest BCUT2D eigenvalue weighted by atomic mass is 10.2. The summed E-state index contributed by atoms with van der Waals surface area (Å²) < 4.78 is 12.6. The molecule has 4 rings (SSSR count). The van der Waals surface area contributed by atoms with Gasteiger partial charge in [-0.25, -0.2) is 4.98 Å². The summed E-state index contributed by atoms with van der Waals surface area (Å²) >= 11 is 1.50. The van der Waals surface area contributed by atoms with Crippen LogP contribution >= 0.6 is 11.8 Å². The number of ether oxygens (including phenoxy) is 2. The van der Waals surface area contributed by atoms with Gasteiger partial charge in [0.1, 0.15) is 11.5 Å². The Bertz CT molecular complexity index is 1160. The average molecular weight is 404 g/mol. The molecule has 29 heavy (non-hydrogen) atoms. The minimum absolute atomic E-state index is 0.0905. The van der Waals surface area contributed by atoms with Crippen molar-refractivity contribution < 1.29 is 9.47 Å². The van der Waals surface area contributed by atoms with Crippen LogP contribution in [0.1, 0.15) is 0 Å². The van der Waals surface area contributed by atoms with Gasteiger partial charge in [0.2, 0.25) is 0 Å². The SMILES string of the molecule is COc1ccc(-n2c(SCCOc3ccccc3)nc3ccccc3c2=O)cc1. The third-order valence-electron chi connectivity index (χ3n) is 4.40. The van der Waals surface area contributed by atoms with Gasteiger partial charge >= 0.3 is 0 Å². The van der Waals surface area contributed by atoms with Crippen molar-refractivity contribution in [3.8, 4) is 17.2 Å². The van der Waals surface area contributed by atoms with Gasteiger partial charge in [0.05, 0.1) is 30.3 Å². The molecular weight excluding hydrogens is 384 g/mol. The Morgan fingerprint density at radius 1 is 0.897 bits per heavy atom. The van der Waals surface area contributed by atoms with Crippen LogP contribution in [0.3, 0.4) is 0 Å². The van der Waals surface area contributed by atoms with Crippen molar-refractivity contribution in [3.63, 3.8) is 0 Å². The Morgan fingerprint density at radius 3 is 2.38 bits per heavy atom. The van der Waals surface area contributed by atoms with E-state index in [2.05, 4.69) is 0 Å². The minimum atomic E-state index is -0.0905. The average Bonchev–Trinajstić information content (AvgIpc) is 2.78. The molecule has 1 aromatic heterocycles. The lowest BCUT2D eigenvalue weighted by molar-refractivity contribution is 0.344. The molecule has 0 fully saturated rings. The van der Waals surface area contributed by atoms with Crippen molar-refractivity contribution in [1.29, 1.82) is 0 Å². The van der Waals surface area contributed by atoms with Gasteiger partial charge in [-0.05, 0) is 48.5 Å². The molecule has 0 spiro atoms. The van der Waals surface area contributed by atoms with Crippen LogP contribution in [0.25, 0.3) is 16.6 Å². The highest BCUT2D eigenvalue weighted by Crippen LogP contribution is 2.23. The highest BCUT2D eigenvalue weighted by atomic mass is 32.2. The summed E-state index contributed by atoms with van der Waals surface area (Å²) in [6, 6.07) is 24.5. The summed E-state index contributed by atoms with van der Waals surface area (Å²) in [7, 11) is 1.62. The Balaban J connectivity index is 1.64. The van der Waals surface area contributed by atoms with Gasteiger partial charge in [0, 0.05) is 5.75 Å². The molecule has 0 radical (unpaired) electrons. The van der Waals surface area contributed by atoms with Gasteiger partial charge in [0.15, 0.2) is 5.16 Å². The molecule has 0 aliphatic heterocycles. The predicted molar refractivity (Wildman–Crippen MR) is 117 cm³/mol. The van der Waals surface area contributed by atoms with E-state index in [4.69, 9.17) is 14.5 Å². The smallest absolute Gasteiger partial charge is 0.266 e. The summed E-state index contributed by atoms with van der Waals surface area (Å²) in [4.78, 5) is 17.9. The molecule has 0 bridgehead atoms. The number of rotatable bonds is 7. The van der Waals surface area contributed by atoms with Crippen LogP contribution in [0.2, 0.25) is 0 Å². The van der Waals surface area contributed by atoms with Crippen molar-refractivity contribution in [2.75, 3.05) is 19.5 Å². The number of hydrogen-bond donors (Lipinski definition) is 0. The molecule has 3 aromatic carbocycles. The second-order valence-corrected chi connectivity index (χ2v) is 7.32. The van der Waals surface area contributed by atoms with Crippen LogP contribution in [0.15, 0.2) is 88.8 Å². The molecule has 0 aliphatic carbocycles. The van der Waals surface area contributed by atoms with E-state index < -0.39 is 0 Å². The van der Waals surface area contributed by atoms with E-state index in [1.165, 1.54) is 11.8 Å². The molecule has 0 amide bonds. The van der Waals surface area contributed by atoms with Gasteiger partial charge < -0.3 is 9.47 Å². The molecule has 0 saturated carbocycles. The van der Waals surface area contributed by atoms with Crippen molar-refractivity contribution in [2.24, 2.45) is 0 Å². The van der Waals surface area contributed by atoms with Gasteiger partial charge in [-0.1, -0.05) is 42.1 Å². The fourth-order valence-corrected chi connectivity index (χ4v) is 3.81. The van der Waals surface area contributed by atoms with E-state index in [1.807, 2.05) is 72.8 Å². The Hall–Kier alpha value is -3.25. The highest BCUT2D eigenvalue weighted by Gasteiger charge is 2.13. The minimum Gasteiger partial charge on any atom is -0.497 e. The van der Waals surface area contributed by atoms with E-state index in [0.717, 1.165) is 17.2 Å². The normalized spacial score (nSPS) is 10.8. The third-order valence-corrected chi connectivity index (χ3v) is 5.30. The van der Waals surface area contributed by atoms with Crippen molar-refractivity contribution in [3.05, 3.63) is 89.2 Å².